The molecule has 1 amide bonds. The zero-order valence-corrected chi connectivity index (χ0v) is 10.5. The molecule has 0 radical (unpaired) electrons. The number of anilines is 1. The Kier molecular flexibility index (Phi) is 3.52. The predicted octanol–water partition coefficient (Wildman–Crippen LogP) is 0.343. The quantitative estimate of drug-likeness (QED) is 0.548. The van der Waals surface area contributed by atoms with Crippen LogP contribution in [0.3, 0.4) is 0 Å². The van der Waals surface area contributed by atoms with E-state index >= 15 is 0 Å². The molecular formula is C11H12N4O2S. The second-order valence-electron chi connectivity index (χ2n) is 3.60. The first-order valence-electron chi connectivity index (χ1n) is 5.22. The third-order valence-corrected chi connectivity index (χ3v) is 3.48. The van der Waals surface area contributed by atoms with Crippen LogP contribution in [0.15, 0.2) is 28.2 Å². The number of aromatic amines is 1. The zero-order chi connectivity index (χ0) is 13.1. The molecule has 2 aromatic rings. The lowest BCUT2D eigenvalue weighted by Gasteiger charge is -2.06. The number of hydrogen-bond donors (Lipinski definition) is 3. The van der Waals surface area contributed by atoms with Gasteiger partial charge in [-0.25, -0.2) is 4.98 Å². The normalized spacial score (nSPS) is 10.5. The molecule has 1 heterocycles. The van der Waals surface area contributed by atoms with Gasteiger partial charge in [-0.15, -0.1) is 11.8 Å². The van der Waals surface area contributed by atoms with Crippen LogP contribution in [0.25, 0.3) is 10.9 Å². The first kappa shape index (κ1) is 12.4. The summed E-state index contributed by atoms with van der Waals surface area (Å²) in [6.45, 7) is 0. The summed E-state index contributed by atoms with van der Waals surface area (Å²) in [7, 11) is 1.58. The highest BCUT2D eigenvalue weighted by atomic mass is 32.2. The molecule has 0 spiro atoms. The van der Waals surface area contributed by atoms with E-state index in [4.69, 9.17) is 5.73 Å². The number of thioether (sulfide) groups is 1. The summed E-state index contributed by atoms with van der Waals surface area (Å²) in [5.74, 6) is 0.188. The summed E-state index contributed by atoms with van der Waals surface area (Å²) in [5, 5.41) is 2.97. The molecule has 0 saturated carbocycles. The number of carbonyl (C=O) groups excluding carboxylic acids is 1. The van der Waals surface area contributed by atoms with Crippen LogP contribution in [0.2, 0.25) is 0 Å². The SMILES string of the molecule is CNC(=O)CSc1cc2nc[nH]c(=O)c2cc1N. The minimum Gasteiger partial charge on any atom is -0.398 e. The highest BCUT2D eigenvalue weighted by Gasteiger charge is 2.08. The van der Waals surface area contributed by atoms with E-state index in [2.05, 4.69) is 15.3 Å². The van der Waals surface area contributed by atoms with E-state index in [0.29, 0.717) is 16.6 Å². The van der Waals surface area contributed by atoms with Crippen molar-refractivity contribution in [3.8, 4) is 0 Å². The predicted molar refractivity (Wildman–Crippen MR) is 71.6 cm³/mol. The van der Waals surface area contributed by atoms with Gasteiger partial charge in [-0.2, -0.15) is 0 Å². The lowest BCUT2D eigenvalue weighted by molar-refractivity contribution is -0.118. The zero-order valence-electron chi connectivity index (χ0n) is 9.69. The molecule has 0 aliphatic rings. The van der Waals surface area contributed by atoms with Gasteiger partial charge in [0.25, 0.3) is 5.56 Å². The Morgan fingerprint density at radius 2 is 2.33 bits per heavy atom. The van der Waals surface area contributed by atoms with Crippen molar-refractivity contribution in [2.45, 2.75) is 4.90 Å². The van der Waals surface area contributed by atoms with Crippen molar-refractivity contribution in [1.29, 1.82) is 0 Å². The maximum absolute atomic E-state index is 11.5. The number of benzene rings is 1. The van der Waals surface area contributed by atoms with Gasteiger partial charge in [-0.05, 0) is 12.1 Å². The van der Waals surface area contributed by atoms with E-state index in [1.165, 1.54) is 18.1 Å². The molecule has 0 aliphatic heterocycles. The van der Waals surface area contributed by atoms with Crippen molar-refractivity contribution in [2.24, 2.45) is 0 Å². The summed E-state index contributed by atoms with van der Waals surface area (Å²) < 4.78 is 0. The number of fused-ring (bicyclic) bond motifs is 1. The number of rotatable bonds is 3. The van der Waals surface area contributed by atoms with Crippen molar-refractivity contribution >= 4 is 34.3 Å². The minimum atomic E-state index is -0.227. The molecule has 0 fully saturated rings. The minimum absolute atomic E-state index is 0.0848. The first-order valence-corrected chi connectivity index (χ1v) is 6.20. The maximum atomic E-state index is 11.5. The average Bonchev–Trinajstić information content (AvgIpc) is 2.37. The molecule has 1 aromatic carbocycles. The van der Waals surface area contributed by atoms with Crippen LogP contribution in [0, 0.1) is 0 Å². The molecular weight excluding hydrogens is 252 g/mol. The lowest BCUT2D eigenvalue weighted by Crippen LogP contribution is -2.19. The van der Waals surface area contributed by atoms with Gasteiger partial charge in [0, 0.05) is 17.6 Å². The highest BCUT2D eigenvalue weighted by molar-refractivity contribution is 8.00. The Morgan fingerprint density at radius 1 is 1.56 bits per heavy atom. The summed E-state index contributed by atoms with van der Waals surface area (Å²) in [6.07, 6.45) is 1.34. The van der Waals surface area contributed by atoms with Crippen LogP contribution in [0.5, 0.6) is 0 Å². The van der Waals surface area contributed by atoms with Crippen molar-refractivity contribution in [3.63, 3.8) is 0 Å². The Balaban J connectivity index is 2.38. The van der Waals surface area contributed by atoms with E-state index in [-0.39, 0.29) is 17.2 Å². The molecule has 7 heteroatoms. The average molecular weight is 264 g/mol. The molecule has 0 unspecified atom stereocenters. The smallest absolute Gasteiger partial charge is 0.258 e. The van der Waals surface area contributed by atoms with E-state index in [1.807, 2.05) is 0 Å². The topological polar surface area (TPSA) is 101 Å². The van der Waals surface area contributed by atoms with Crippen LogP contribution in [0.1, 0.15) is 0 Å². The second kappa shape index (κ2) is 5.09. The van der Waals surface area contributed by atoms with Gasteiger partial charge in [0.05, 0.1) is 23.0 Å². The number of carbonyl (C=O) groups is 1. The van der Waals surface area contributed by atoms with Crippen LogP contribution in [0.4, 0.5) is 5.69 Å². The van der Waals surface area contributed by atoms with Crippen LogP contribution in [-0.2, 0) is 4.79 Å². The van der Waals surface area contributed by atoms with Crippen LogP contribution < -0.4 is 16.6 Å². The Hall–Kier alpha value is -2.02. The molecule has 0 atom stereocenters. The second-order valence-corrected chi connectivity index (χ2v) is 4.62. The molecule has 0 bridgehead atoms. The Bertz CT molecular complexity index is 653. The Labute approximate surface area is 107 Å². The number of hydrogen-bond acceptors (Lipinski definition) is 5. The van der Waals surface area contributed by atoms with Crippen molar-refractivity contribution in [1.82, 2.24) is 15.3 Å². The van der Waals surface area contributed by atoms with Gasteiger partial charge in [-0.3, -0.25) is 9.59 Å². The summed E-state index contributed by atoms with van der Waals surface area (Å²) in [4.78, 5) is 30.0. The van der Waals surface area contributed by atoms with E-state index in [1.54, 1.807) is 19.2 Å². The molecule has 1 aromatic heterocycles. The number of nitrogens with zero attached hydrogens (tertiary/aromatic N) is 1. The standard InChI is InChI=1S/C11H12N4O2S/c1-13-10(16)4-18-9-3-8-6(2-7(9)12)11(17)15-5-14-8/h2-3,5H,4,12H2,1H3,(H,13,16)(H,14,15,17). The van der Waals surface area contributed by atoms with Gasteiger partial charge >= 0.3 is 0 Å². The van der Waals surface area contributed by atoms with E-state index < -0.39 is 0 Å². The molecule has 2 rings (SSSR count). The number of nitrogen functional groups attached to an aromatic ring is 1. The number of aromatic nitrogens is 2. The fourth-order valence-corrected chi connectivity index (χ4v) is 2.30. The van der Waals surface area contributed by atoms with Gasteiger partial charge in [0.2, 0.25) is 5.91 Å². The number of amides is 1. The summed E-state index contributed by atoms with van der Waals surface area (Å²) >= 11 is 1.31. The molecule has 94 valence electrons. The Morgan fingerprint density at radius 3 is 3.06 bits per heavy atom. The van der Waals surface area contributed by atoms with E-state index in [0.717, 1.165) is 4.90 Å². The van der Waals surface area contributed by atoms with Crippen molar-refractivity contribution in [2.75, 3.05) is 18.5 Å². The first-order chi connectivity index (χ1) is 8.61. The van der Waals surface area contributed by atoms with Crippen molar-refractivity contribution < 1.29 is 4.79 Å². The summed E-state index contributed by atoms with van der Waals surface area (Å²) in [5.41, 5.74) is 6.65. The highest BCUT2D eigenvalue weighted by Crippen LogP contribution is 2.27. The van der Waals surface area contributed by atoms with Crippen LogP contribution >= 0.6 is 11.8 Å². The molecule has 18 heavy (non-hydrogen) atoms. The maximum Gasteiger partial charge on any atom is 0.258 e. The van der Waals surface area contributed by atoms with Gasteiger partial charge in [-0.1, -0.05) is 0 Å². The molecule has 4 N–H and O–H groups in total. The fourth-order valence-electron chi connectivity index (χ4n) is 1.45. The summed E-state index contributed by atoms with van der Waals surface area (Å²) in [6, 6.07) is 3.29. The van der Waals surface area contributed by atoms with Gasteiger partial charge in [0.15, 0.2) is 0 Å². The van der Waals surface area contributed by atoms with Crippen molar-refractivity contribution in [3.05, 3.63) is 28.8 Å². The molecule has 0 saturated heterocycles. The largest absolute Gasteiger partial charge is 0.398 e. The van der Waals surface area contributed by atoms with E-state index in [9.17, 15) is 9.59 Å². The lowest BCUT2D eigenvalue weighted by atomic mass is 10.2. The number of nitrogens with two attached hydrogens (primary N) is 1. The fraction of sp³-hybridized carbons (Fsp3) is 0.182. The van der Waals surface area contributed by atoms with Gasteiger partial charge < -0.3 is 16.0 Å². The third kappa shape index (κ3) is 2.45. The van der Waals surface area contributed by atoms with Crippen LogP contribution in [-0.4, -0.2) is 28.7 Å². The molecule has 6 nitrogen and oxygen atoms in total. The van der Waals surface area contributed by atoms with Gasteiger partial charge in [0.1, 0.15) is 0 Å². The molecule has 0 aliphatic carbocycles. The third-order valence-electron chi connectivity index (χ3n) is 2.41. The monoisotopic (exact) mass is 264 g/mol. The number of nitrogens with one attached hydrogen (secondary N) is 2. The number of H-pyrrole nitrogens is 1.